The summed E-state index contributed by atoms with van der Waals surface area (Å²) in [5, 5.41) is 14.3. The molecule has 17 heavy (non-hydrogen) atoms. The molecule has 0 aliphatic heterocycles. The fourth-order valence-corrected chi connectivity index (χ4v) is 1.43. The van der Waals surface area contributed by atoms with Crippen LogP contribution in [-0.4, -0.2) is 37.8 Å². The van der Waals surface area contributed by atoms with Gasteiger partial charge < -0.3 is 4.74 Å². The SMILES string of the molecule is CCOC(=O)c1n[nH]nc1-c1cnn(CC)c1. The van der Waals surface area contributed by atoms with Gasteiger partial charge in [-0.15, -0.1) is 5.10 Å². The van der Waals surface area contributed by atoms with Crippen LogP contribution in [0.3, 0.4) is 0 Å². The largest absolute Gasteiger partial charge is 0.461 e. The number of rotatable bonds is 4. The molecule has 7 nitrogen and oxygen atoms in total. The molecule has 90 valence electrons. The maximum absolute atomic E-state index is 11.6. The highest BCUT2D eigenvalue weighted by Crippen LogP contribution is 2.19. The van der Waals surface area contributed by atoms with Crippen molar-refractivity contribution in [2.75, 3.05) is 6.61 Å². The minimum atomic E-state index is -0.486. The molecule has 2 aromatic heterocycles. The van der Waals surface area contributed by atoms with Gasteiger partial charge in [-0.2, -0.15) is 15.4 Å². The third-order valence-electron chi connectivity index (χ3n) is 2.25. The highest BCUT2D eigenvalue weighted by atomic mass is 16.5. The Morgan fingerprint density at radius 2 is 2.29 bits per heavy atom. The first-order chi connectivity index (χ1) is 8.26. The van der Waals surface area contributed by atoms with Crippen LogP contribution in [0.2, 0.25) is 0 Å². The van der Waals surface area contributed by atoms with E-state index in [1.807, 2.05) is 6.92 Å². The minimum Gasteiger partial charge on any atom is -0.461 e. The van der Waals surface area contributed by atoms with Crippen LogP contribution < -0.4 is 0 Å². The molecule has 7 heteroatoms. The number of hydrogen-bond donors (Lipinski definition) is 1. The second-order valence-electron chi connectivity index (χ2n) is 3.33. The summed E-state index contributed by atoms with van der Waals surface area (Å²) in [5.74, 6) is -0.486. The second-order valence-corrected chi connectivity index (χ2v) is 3.33. The molecule has 0 fully saturated rings. The van der Waals surface area contributed by atoms with Crippen LogP contribution in [0.1, 0.15) is 24.3 Å². The topological polar surface area (TPSA) is 85.7 Å². The highest BCUT2D eigenvalue weighted by molar-refractivity contribution is 5.93. The lowest BCUT2D eigenvalue weighted by Crippen LogP contribution is -2.06. The third-order valence-corrected chi connectivity index (χ3v) is 2.25. The van der Waals surface area contributed by atoms with Crippen molar-refractivity contribution in [3.63, 3.8) is 0 Å². The summed E-state index contributed by atoms with van der Waals surface area (Å²) in [6, 6.07) is 0. The number of esters is 1. The standard InChI is InChI=1S/C10H13N5O2/c1-3-15-6-7(5-11-15)8-9(13-14-12-8)10(16)17-4-2/h5-6H,3-4H2,1-2H3,(H,12,13,14). The van der Waals surface area contributed by atoms with Crippen LogP contribution in [0.5, 0.6) is 0 Å². The number of nitrogens with zero attached hydrogens (tertiary/aromatic N) is 4. The van der Waals surface area contributed by atoms with Crippen molar-refractivity contribution < 1.29 is 9.53 Å². The molecule has 0 saturated carbocycles. The fourth-order valence-electron chi connectivity index (χ4n) is 1.43. The molecule has 0 amide bonds. The van der Waals surface area contributed by atoms with Gasteiger partial charge in [0.25, 0.3) is 0 Å². The number of ether oxygens (including phenoxy) is 1. The lowest BCUT2D eigenvalue weighted by molar-refractivity contribution is 0.0520. The zero-order valence-corrected chi connectivity index (χ0v) is 9.67. The van der Waals surface area contributed by atoms with Crippen LogP contribution >= 0.6 is 0 Å². The summed E-state index contributed by atoms with van der Waals surface area (Å²) in [6.07, 6.45) is 3.45. The van der Waals surface area contributed by atoms with Gasteiger partial charge in [0.15, 0.2) is 5.69 Å². The number of carbonyl (C=O) groups excluding carboxylic acids is 1. The molecule has 0 bridgehead atoms. The molecule has 2 aromatic rings. The van der Waals surface area contributed by atoms with Crippen molar-refractivity contribution in [1.82, 2.24) is 25.2 Å². The maximum Gasteiger partial charge on any atom is 0.361 e. The molecule has 0 aliphatic rings. The van der Waals surface area contributed by atoms with E-state index in [9.17, 15) is 4.79 Å². The molecule has 0 atom stereocenters. The number of aromatic nitrogens is 5. The van der Waals surface area contributed by atoms with E-state index in [1.54, 1.807) is 24.0 Å². The van der Waals surface area contributed by atoms with Crippen molar-refractivity contribution in [1.29, 1.82) is 0 Å². The molecule has 0 spiro atoms. The number of hydrogen-bond acceptors (Lipinski definition) is 5. The zero-order chi connectivity index (χ0) is 12.3. The highest BCUT2D eigenvalue weighted by Gasteiger charge is 2.19. The van der Waals surface area contributed by atoms with Crippen molar-refractivity contribution in [2.24, 2.45) is 0 Å². The maximum atomic E-state index is 11.6. The predicted molar refractivity (Wildman–Crippen MR) is 59.2 cm³/mol. The molecule has 2 heterocycles. The molecular formula is C10H13N5O2. The number of H-pyrrole nitrogens is 1. The van der Waals surface area contributed by atoms with Crippen molar-refractivity contribution >= 4 is 5.97 Å². The molecule has 2 rings (SSSR count). The van der Waals surface area contributed by atoms with Gasteiger partial charge in [0.2, 0.25) is 0 Å². The summed E-state index contributed by atoms with van der Waals surface area (Å²) in [5.41, 5.74) is 1.38. The summed E-state index contributed by atoms with van der Waals surface area (Å²) < 4.78 is 6.64. The Kier molecular flexibility index (Phi) is 3.17. The van der Waals surface area contributed by atoms with Crippen molar-refractivity contribution in [3.8, 4) is 11.3 Å². The predicted octanol–water partition coefficient (Wildman–Crippen LogP) is 0.865. The summed E-state index contributed by atoms with van der Waals surface area (Å²) in [7, 11) is 0. The van der Waals surface area contributed by atoms with Gasteiger partial charge in [-0.25, -0.2) is 4.79 Å². The zero-order valence-electron chi connectivity index (χ0n) is 9.67. The first kappa shape index (κ1) is 11.3. The van der Waals surface area contributed by atoms with E-state index in [4.69, 9.17) is 4.74 Å². The van der Waals surface area contributed by atoms with E-state index in [-0.39, 0.29) is 5.69 Å². The van der Waals surface area contributed by atoms with Gasteiger partial charge in [0.05, 0.1) is 12.8 Å². The number of aryl methyl sites for hydroxylation is 1. The van der Waals surface area contributed by atoms with E-state index in [1.165, 1.54) is 0 Å². The van der Waals surface area contributed by atoms with Crippen molar-refractivity contribution in [2.45, 2.75) is 20.4 Å². The van der Waals surface area contributed by atoms with E-state index >= 15 is 0 Å². The van der Waals surface area contributed by atoms with E-state index < -0.39 is 5.97 Å². The van der Waals surface area contributed by atoms with Crippen LogP contribution in [0.25, 0.3) is 11.3 Å². The smallest absolute Gasteiger partial charge is 0.361 e. The Labute approximate surface area is 97.8 Å². The number of carbonyl (C=O) groups is 1. The normalized spacial score (nSPS) is 10.5. The van der Waals surface area contributed by atoms with Gasteiger partial charge >= 0.3 is 5.97 Å². The lowest BCUT2D eigenvalue weighted by Gasteiger charge is -1.98. The first-order valence-electron chi connectivity index (χ1n) is 5.37. The lowest BCUT2D eigenvalue weighted by atomic mass is 10.2. The molecule has 0 unspecified atom stereocenters. The van der Waals surface area contributed by atoms with E-state index in [0.29, 0.717) is 12.3 Å². The summed E-state index contributed by atoms with van der Waals surface area (Å²) in [4.78, 5) is 11.6. The molecular weight excluding hydrogens is 222 g/mol. The second kappa shape index (κ2) is 4.77. The molecule has 1 N–H and O–H groups in total. The Morgan fingerprint density at radius 3 is 2.94 bits per heavy atom. The molecule has 0 aliphatic carbocycles. The summed E-state index contributed by atoms with van der Waals surface area (Å²) >= 11 is 0. The van der Waals surface area contributed by atoms with Crippen LogP contribution in [-0.2, 0) is 11.3 Å². The Morgan fingerprint density at radius 1 is 1.47 bits per heavy atom. The first-order valence-corrected chi connectivity index (χ1v) is 5.37. The Bertz CT molecular complexity index is 516. The van der Waals surface area contributed by atoms with Gasteiger partial charge in [-0.3, -0.25) is 4.68 Å². The monoisotopic (exact) mass is 235 g/mol. The number of aromatic amines is 1. The molecule has 0 saturated heterocycles. The average molecular weight is 235 g/mol. The van der Waals surface area contributed by atoms with Gasteiger partial charge in [-0.1, -0.05) is 0 Å². The average Bonchev–Trinajstić information content (AvgIpc) is 2.97. The fraction of sp³-hybridized carbons (Fsp3) is 0.400. The van der Waals surface area contributed by atoms with Crippen molar-refractivity contribution in [3.05, 3.63) is 18.1 Å². The van der Waals surface area contributed by atoms with Gasteiger partial charge in [0.1, 0.15) is 5.69 Å². The number of nitrogens with one attached hydrogen (secondary N) is 1. The summed E-state index contributed by atoms with van der Waals surface area (Å²) in [6.45, 7) is 4.78. The van der Waals surface area contributed by atoms with Gasteiger partial charge in [-0.05, 0) is 13.8 Å². The van der Waals surface area contributed by atoms with E-state index in [2.05, 4.69) is 20.5 Å². The van der Waals surface area contributed by atoms with E-state index in [0.717, 1.165) is 12.1 Å². The minimum absolute atomic E-state index is 0.183. The Hall–Kier alpha value is -2.18. The van der Waals surface area contributed by atoms with Crippen LogP contribution in [0.4, 0.5) is 0 Å². The quantitative estimate of drug-likeness (QED) is 0.794. The molecule has 0 aromatic carbocycles. The third kappa shape index (κ3) is 2.17. The molecule has 0 radical (unpaired) electrons. The van der Waals surface area contributed by atoms with Crippen LogP contribution in [0.15, 0.2) is 12.4 Å². The Balaban J connectivity index is 2.33. The van der Waals surface area contributed by atoms with Crippen LogP contribution in [0, 0.1) is 0 Å². The van der Waals surface area contributed by atoms with Gasteiger partial charge in [0, 0.05) is 18.3 Å².